The van der Waals surface area contributed by atoms with Crippen LogP contribution in [0.1, 0.15) is 32.6 Å². The predicted octanol–water partition coefficient (Wildman–Crippen LogP) is 2.13. The average Bonchev–Trinajstić information content (AvgIpc) is 2.81. The van der Waals surface area contributed by atoms with Gasteiger partial charge in [-0.3, -0.25) is 4.79 Å². The monoisotopic (exact) mass is 207 g/mol. The van der Waals surface area contributed by atoms with E-state index in [1.54, 1.807) is 6.92 Å². The van der Waals surface area contributed by atoms with Crippen molar-refractivity contribution in [2.24, 2.45) is 23.7 Å². The highest BCUT2D eigenvalue weighted by Gasteiger charge is 2.45. The van der Waals surface area contributed by atoms with E-state index in [4.69, 9.17) is 10.00 Å². The lowest BCUT2D eigenvalue weighted by atomic mass is 9.80. The van der Waals surface area contributed by atoms with Crippen LogP contribution in [0.4, 0.5) is 0 Å². The third kappa shape index (κ3) is 1.86. The summed E-state index contributed by atoms with van der Waals surface area (Å²) in [5.74, 6) is 0.819. The molecule has 4 atom stereocenters. The first-order valence-corrected chi connectivity index (χ1v) is 5.82. The number of carbonyl (C=O) groups is 1. The number of nitriles is 1. The molecule has 0 saturated heterocycles. The highest BCUT2D eigenvalue weighted by Crippen LogP contribution is 2.51. The van der Waals surface area contributed by atoms with Crippen molar-refractivity contribution in [2.75, 3.05) is 6.61 Å². The van der Waals surface area contributed by atoms with Gasteiger partial charge in [-0.15, -0.1) is 0 Å². The molecule has 3 heteroatoms. The van der Waals surface area contributed by atoms with E-state index in [0.717, 1.165) is 12.3 Å². The maximum absolute atomic E-state index is 11.6. The Labute approximate surface area is 90.4 Å². The van der Waals surface area contributed by atoms with Gasteiger partial charge in [-0.2, -0.15) is 5.26 Å². The first-order valence-electron chi connectivity index (χ1n) is 5.82. The number of nitrogens with zero attached hydrogens (tertiary/aromatic N) is 1. The average molecular weight is 207 g/mol. The highest BCUT2D eigenvalue weighted by molar-refractivity contribution is 5.75. The van der Waals surface area contributed by atoms with Gasteiger partial charge in [0, 0.05) is 0 Å². The number of carbonyl (C=O) groups excluding carboxylic acids is 1. The first kappa shape index (κ1) is 10.5. The Kier molecular flexibility index (Phi) is 2.95. The topological polar surface area (TPSA) is 50.1 Å². The standard InChI is InChI=1S/C12H17NO2/c1-2-15-12(14)11(7-13)10-6-8-3-4-9(10)5-8/h8-11H,2-6H2,1H3/t8-,9-,10-,11+/m0/s1. The number of ether oxygens (including phenoxy) is 1. The Morgan fingerprint density at radius 2 is 2.33 bits per heavy atom. The summed E-state index contributed by atoms with van der Waals surface area (Å²) in [6.45, 7) is 2.16. The molecule has 0 spiro atoms. The fourth-order valence-electron chi connectivity index (χ4n) is 3.26. The molecule has 0 unspecified atom stereocenters. The van der Waals surface area contributed by atoms with Crippen LogP contribution in [-0.4, -0.2) is 12.6 Å². The summed E-state index contributed by atoms with van der Waals surface area (Å²) in [5, 5.41) is 9.06. The van der Waals surface area contributed by atoms with Crippen LogP contribution in [0.25, 0.3) is 0 Å². The molecular weight excluding hydrogens is 190 g/mol. The van der Waals surface area contributed by atoms with E-state index >= 15 is 0 Å². The maximum atomic E-state index is 11.6. The SMILES string of the molecule is CCOC(=O)[C@H](C#N)[C@H]1C[C@H]2CC[C@H]1C2. The Balaban J connectivity index is 2.02. The summed E-state index contributed by atoms with van der Waals surface area (Å²) in [5.41, 5.74) is 0. The van der Waals surface area contributed by atoms with Crippen molar-refractivity contribution in [3.05, 3.63) is 0 Å². The van der Waals surface area contributed by atoms with Crippen LogP contribution in [0, 0.1) is 35.0 Å². The molecule has 0 amide bonds. The van der Waals surface area contributed by atoms with Crippen molar-refractivity contribution in [3.63, 3.8) is 0 Å². The lowest BCUT2D eigenvalue weighted by Crippen LogP contribution is -2.28. The molecule has 0 heterocycles. The van der Waals surface area contributed by atoms with Crippen molar-refractivity contribution >= 4 is 5.97 Å². The molecule has 2 bridgehead atoms. The lowest BCUT2D eigenvalue weighted by Gasteiger charge is -2.24. The minimum Gasteiger partial charge on any atom is -0.465 e. The largest absolute Gasteiger partial charge is 0.465 e. The first-order chi connectivity index (χ1) is 7.26. The minimum atomic E-state index is -0.514. The molecule has 0 aromatic heterocycles. The van der Waals surface area contributed by atoms with Crippen molar-refractivity contribution in [1.82, 2.24) is 0 Å². The minimum absolute atomic E-state index is 0.271. The molecule has 2 fully saturated rings. The lowest BCUT2D eigenvalue weighted by molar-refractivity contribution is -0.148. The second kappa shape index (κ2) is 4.22. The van der Waals surface area contributed by atoms with Crippen LogP contribution < -0.4 is 0 Å². The number of rotatable bonds is 3. The van der Waals surface area contributed by atoms with Gasteiger partial charge in [0.05, 0.1) is 12.7 Å². The van der Waals surface area contributed by atoms with Crippen molar-refractivity contribution in [3.8, 4) is 6.07 Å². The summed E-state index contributed by atoms with van der Waals surface area (Å²) in [6, 6.07) is 2.14. The molecule has 3 nitrogen and oxygen atoms in total. The zero-order chi connectivity index (χ0) is 10.8. The molecule has 0 radical (unpaired) electrons. The Morgan fingerprint density at radius 1 is 1.53 bits per heavy atom. The molecule has 0 aromatic carbocycles. The number of hydrogen-bond donors (Lipinski definition) is 0. The van der Waals surface area contributed by atoms with Crippen molar-refractivity contribution < 1.29 is 9.53 Å². The second-order valence-electron chi connectivity index (χ2n) is 4.70. The van der Waals surface area contributed by atoms with Crippen LogP contribution >= 0.6 is 0 Å². The van der Waals surface area contributed by atoms with Crippen LogP contribution in [0.3, 0.4) is 0 Å². The third-order valence-corrected chi connectivity index (χ3v) is 3.90. The van der Waals surface area contributed by atoms with Gasteiger partial charge in [0.1, 0.15) is 5.92 Å². The van der Waals surface area contributed by atoms with E-state index < -0.39 is 5.92 Å². The van der Waals surface area contributed by atoms with Crippen LogP contribution in [0.5, 0.6) is 0 Å². The Bertz CT molecular complexity index is 294. The van der Waals surface area contributed by atoms with E-state index in [2.05, 4.69) is 6.07 Å². The summed E-state index contributed by atoms with van der Waals surface area (Å²) in [7, 11) is 0. The molecule has 2 aliphatic carbocycles. The van der Waals surface area contributed by atoms with E-state index in [0.29, 0.717) is 12.5 Å². The van der Waals surface area contributed by atoms with E-state index in [-0.39, 0.29) is 11.9 Å². The van der Waals surface area contributed by atoms with Gasteiger partial charge in [-0.25, -0.2) is 0 Å². The maximum Gasteiger partial charge on any atom is 0.323 e. The smallest absolute Gasteiger partial charge is 0.323 e. The molecule has 2 rings (SSSR count). The fourth-order valence-corrected chi connectivity index (χ4v) is 3.26. The van der Waals surface area contributed by atoms with Crippen molar-refractivity contribution in [1.29, 1.82) is 5.26 Å². The number of hydrogen-bond acceptors (Lipinski definition) is 3. The van der Waals surface area contributed by atoms with Gasteiger partial charge in [0.2, 0.25) is 0 Å². The van der Waals surface area contributed by atoms with Gasteiger partial charge in [-0.05, 0) is 43.9 Å². The zero-order valence-corrected chi connectivity index (χ0v) is 9.11. The van der Waals surface area contributed by atoms with Crippen LogP contribution in [0.15, 0.2) is 0 Å². The molecule has 0 aromatic rings. The molecular formula is C12H17NO2. The van der Waals surface area contributed by atoms with E-state index in [1.807, 2.05) is 0 Å². The molecule has 0 aliphatic heterocycles. The summed E-state index contributed by atoms with van der Waals surface area (Å²) < 4.78 is 4.95. The summed E-state index contributed by atoms with van der Waals surface area (Å²) >= 11 is 0. The van der Waals surface area contributed by atoms with Gasteiger partial charge < -0.3 is 4.74 Å². The van der Waals surface area contributed by atoms with E-state index in [9.17, 15) is 4.79 Å². The fraction of sp³-hybridized carbons (Fsp3) is 0.833. The van der Waals surface area contributed by atoms with Gasteiger partial charge in [0.15, 0.2) is 0 Å². The highest BCUT2D eigenvalue weighted by atomic mass is 16.5. The van der Waals surface area contributed by atoms with Gasteiger partial charge >= 0.3 is 5.97 Å². The quantitative estimate of drug-likeness (QED) is 0.666. The molecule has 0 N–H and O–H groups in total. The Hall–Kier alpha value is -1.04. The number of esters is 1. The van der Waals surface area contributed by atoms with Gasteiger partial charge in [-0.1, -0.05) is 6.42 Å². The van der Waals surface area contributed by atoms with Crippen LogP contribution in [0.2, 0.25) is 0 Å². The molecule has 15 heavy (non-hydrogen) atoms. The molecule has 82 valence electrons. The Morgan fingerprint density at radius 3 is 2.80 bits per heavy atom. The summed E-state index contributed by atoms with van der Waals surface area (Å²) in [6.07, 6.45) is 4.78. The summed E-state index contributed by atoms with van der Waals surface area (Å²) in [4.78, 5) is 11.6. The second-order valence-corrected chi connectivity index (χ2v) is 4.70. The normalized spacial score (nSPS) is 34.8. The van der Waals surface area contributed by atoms with Gasteiger partial charge in [0.25, 0.3) is 0 Å². The zero-order valence-electron chi connectivity index (χ0n) is 9.11. The number of fused-ring (bicyclic) bond motifs is 2. The van der Waals surface area contributed by atoms with Crippen molar-refractivity contribution in [2.45, 2.75) is 32.6 Å². The molecule has 2 saturated carbocycles. The molecule has 2 aliphatic rings. The van der Waals surface area contributed by atoms with Crippen LogP contribution in [-0.2, 0) is 9.53 Å². The third-order valence-electron chi connectivity index (χ3n) is 3.90. The predicted molar refractivity (Wildman–Crippen MR) is 54.7 cm³/mol. The van der Waals surface area contributed by atoms with E-state index in [1.165, 1.54) is 19.3 Å².